The number of benzene rings is 2. The summed E-state index contributed by atoms with van der Waals surface area (Å²) in [7, 11) is 1.63. The molecule has 2 aromatic carbocycles. The Balaban J connectivity index is 1.84. The van der Waals surface area contributed by atoms with E-state index in [0.717, 1.165) is 12.2 Å². The summed E-state index contributed by atoms with van der Waals surface area (Å²) in [5, 5.41) is 12.0. The molecule has 1 unspecified atom stereocenters. The number of rotatable bonds is 8. The molecular weight excluding hydrogens is 318 g/mol. The van der Waals surface area contributed by atoms with Crippen LogP contribution in [0, 0.1) is 5.92 Å². The lowest BCUT2D eigenvalue weighted by Crippen LogP contribution is -2.30. The van der Waals surface area contributed by atoms with Gasteiger partial charge in [-0.15, -0.1) is 0 Å². The van der Waals surface area contributed by atoms with Gasteiger partial charge in [-0.3, -0.25) is 4.79 Å². The van der Waals surface area contributed by atoms with Crippen LogP contribution >= 0.6 is 0 Å². The number of methoxy groups -OCH3 is 1. The average Bonchev–Trinajstić information content (AvgIpc) is 2.61. The van der Waals surface area contributed by atoms with Crippen LogP contribution in [0.4, 0.5) is 0 Å². The number of amides is 1. The number of aromatic carboxylic acids is 1. The fourth-order valence-electron chi connectivity index (χ4n) is 2.64. The molecule has 0 radical (unpaired) electrons. The van der Waals surface area contributed by atoms with Gasteiger partial charge in [0.25, 0.3) is 0 Å². The zero-order chi connectivity index (χ0) is 18.2. The molecule has 0 bridgehead atoms. The quantitative estimate of drug-likeness (QED) is 0.774. The maximum absolute atomic E-state index is 12.1. The van der Waals surface area contributed by atoms with Gasteiger partial charge in [-0.1, -0.05) is 37.3 Å². The molecular formula is C20H23NO4. The number of hydrogen-bond acceptors (Lipinski definition) is 3. The van der Waals surface area contributed by atoms with Crippen LogP contribution in [0.5, 0.6) is 5.75 Å². The van der Waals surface area contributed by atoms with Crippen molar-refractivity contribution in [2.24, 2.45) is 5.92 Å². The summed E-state index contributed by atoms with van der Waals surface area (Å²) < 4.78 is 5.14. The lowest BCUT2D eigenvalue weighted by atomic mass is 10.0. The smallest absolute Gasteiger partial charge is 0.335 e. The van der Waals surface area contributed by atoms with Gasteiger partial charge in [0.05, 0.1) is 19.1 Å². The first-order valence-electron chi connectivity index (χ1n) is 8.20. The Morgan fingerprint density at radius 1 is 1.12 bits per heavy atom. The molecule has 0 saturated heterocycles. The minimum absolute atomic E-state index is 0.0672. The van der Waals surface area contributed by atoms with E-state index in [-0.39, 0.29) is 23.8 Å². The summed E-state index contributed by atoms with van der Waals surface area (Å²) in [6.07, 6.45) is 0.910. The van der Waals surface area contributed by atoms with Crippen molar-refractivity contribution >= 4 is 11.9 Å². The molecule has 0 aliphatic heterocycles. The number of ether oxygens (including phenoxy) is 1. The summed E-state index contributed by atoms with van der Waals surface area (Å²) in [5.74, 6) is -0.0968. The van der Waals surface area contributed by atoms with E-state index in [4.69, 9.17) is 9.84 Å². The zero-order valence-corrected chi connectivity index (χ0v) is 14.5. The van der Waals surface area contributed by atoms with Crippen molar-refractivity contribution in [3.8, 4) is 5.75 Å². The van der Waals surface area contributed by atoms with Crippen LogP contribution in [0.2, 0.25) is 0 Å². The maximum atomic E-state index is 12.1. The topological polar surface area (TPSA) is 75.6 Å². The lowest BCUT2D eigenvalue weighted by Gasteiger charge is -2.13. The molecule has 0 saturated carbocycles. The molecule has 0 aromatic heterocycles. The highest BCUT2D eigenvalue weighted by molar-refractivity contribution is 5.91. The Morgan fingerprint density at radius 3 is 2.44 bits per heavy atom. The van der Waals surface area contributed by atoms with Crippen molar-refractivity contribution in [1.82, 2.24) is 5.32 Å². The predicted octanol–water partition coefficient (Wildman–Crippen LogP) is 2.93. The molecule has 2 rings (SSSR count). The number of carboxylic acids is 1. The van der Waals surface area contributed by atoms with Crippen molar-refractivity contribution in [2.45, 2.75) is 19.8 Å². The van der Waals surface area contributed by atoms with E-state index in [1.54, 1.807) is 25.3 Å². The summed E-state index contributed by atoms with van der Waals surface area (Å²) in [4.78, 5) is 23.3. The second-order valence-electron chi connectivity index (χ2n) is 6.10. The molecule has 0 spiro atoms. The molecule has 0 aliphatic rings. The minimum Gasteiger partial charge on any atom is -0.497 e. The van der Waals surface area contributed by atoms with E-state index in [9.17, 15) is 9.59 Å². The van der Waals surface area contributed by atoms with Crippen LogP contribution in [-0.2, 0) is 17.6 Å². The normalized spacial score (nSPS) is 11.6. The number of carboxylic acid groups (broad SMARTS) is 1. The van der Waals surface area contributed by atoms with Crippen molar-refractivity contribution in [3.05, 3.63) is 65.2 Å². The summed E-state index contributed by atoms with van der Waals surface area (Å²) in [5.41, 5.74) is 1.87. The van der Waals surface area contributed by atoms with Crippen molar-refractivity contribution in [1.29, 1.82) is 0 Å². The van der Waals surface area contributed by atoms with Gasteiger partial charge in [-0.05, 0) is 41.7 Å². The third-order valence-corrected chi connectivity index (χ3v) is 3.99. The standard InChI is InChI=1S/C20H23NO4/c1-14(11-15-7-9-17(25-2)10-8-15)13-21-19(22)12-16-5-3-4-6-18(16)20(23)24/h3-10,14H,11-13H2,1-2H3,(H,21,22)(H,23,24). The van der Waals surface area contributed by atoms with Crippen LogP contribution in [0.25, 0.3) is 0 Å². The fraction of sp³-hybridized carbons (Fsp3) is 0.300. The summed E-state index contributed by atoms with van der Waals surface area (Å²) in [6.45, 7) is 2.61. The Kier molecular flexibility index (Phi) is 6.57. The highest BCUT2D eigenvalue weighted by Crippen LogP contribution is 2.14. The van der Waals surface area contributed by atoms with Gasteiger partial charge in [0.15, 0.2) is 0 Å². The number of hydrogen-bond donors (Lipinski definition) is 2. The SMILES string of the molecule is COc1ccc(CC(C)CNC(=O)Cc2ccccc2C(=O)O)cc1. The van der Waals surface area contributed by atoms with E-state index < -0.39 is 5.97 Å². The Hall–Kier alpha value is -2.82. The number of carbonyl (C=O) groups excluding carboxylic acids is 1. The Labute approximate surface area is 147 Å². The molecule has 1 amide bonds. The molecule has 132 valence electrons. The molecule has 25 heavy (non-hydrogen) atoms. The van der Waals surface area contributed by atoms with Gasteiger partial charge >= 0.3 is 5.97 Å². The van der Waals surface area contributed by atoms with Crippen LogP contribution in [0.3, 0.4) is 0 Å². The molecule has 0 fully saturated rings. The third-order valence-electron chi connectivity index (χ3n) is 3.99. The van der Waals surface area contributed by atoms with Gasteiger partial charge in [-0.25, -0.2) is 4.79 Å². The largest absolute Gasteiger partial charge is 0.497 e. The highest BCUT2D eigenvalue weighted by Gasteiger charge is 2.13. The third kappa shape index (κ3) is 5.64. The molecule has 5 heteroatoms. The monoisotopic (exact) mass is 341 g/mol. The average molecular weight is 341 g/mol. The van der Waals surface area contributed by atoms with Gasteiger partial charge in [0.1, 0.15) is 5.75 Å². The van der Waals surface area contributed by atoms with Crippen molar-refractivity contribution in [3.63, 3.8) is 0 Å². The van der Waals surface area contributed by atoms with E-state index in [1.807, 2.05) is 24.3 Å². The number of carbonyl (C=O) groups is 2. The first-order chi connectivity index (χ1) is 12.0. The number of nitrogens with one attached hydrogen (secondary N) is 1. The molecule has 2 aromatic rings. The second kappa shape index (κ2) is 8.87. The zero-order valence-electron chi connectivity index (χ0n) is 14.5. The highest BCUT2D eigenvalue weighted by atomic mass is 16.5. The second-order valence-corrected chi connectivity index (χ2v) is 6.10. The first-order valence-corrected chi connectivity index (χ1v) is 8.20. The Morgan fingerprint density at radius 2 is 1.80 bits per heavy atom. The van der Waals surface area contributed by atoms with Gasteiger partial charge < -0.3 is 15.2 Å². The Bertz CT molecular complexity index is 725. The predicted molar refractivity (Wildman–Crippen MR) is 96.0 cm³/mol. The van der Waals surface area contributed by atoms with E-state index in [0.29, 0.717) is 12.1 Å². The van der Waals surface area contributed by atoms with Gasteiger partial charge in [0, 0.05) is 6.54 Å². The molecule has 1 atom stereocenters. The van der Waals surface area contributed by atoms with Gasteiger partial charge in [-0.2, -0.15) is 0 Å². The van der Waals surface area contributed by atoms with E-state index in [2.05, 4.69) is 12.2 Å². The van der Waals surface area contributed by atoms with Crippen molar-refractivity contribution < 1.29 is 19.4 Å². The minimum atomic E-state index is -1.02. The van der Waals surface area contributed by atoms with Crippen LogP contribution in [0.1, 0.15) is 28.4 Å². The van der Waals surface area contributed by atoms with Crippen LogP contribution < -0.4 is 10.1 Å². The maximum Gasteiger partial charge on any atom is 0.335 e. The summed E-state index contributed by atoms with van der Waals surface area (Å²) in [6, 6.07) is 14.4. The molecule has 0 aliphatic carbocycles. The van der Waals surface area contributed by atoms with Crippen LogP contribution in [-0.4, -0.2) is 30.6 Å². The van der Waals surface area contributed by atoms with E-state index in [1.165, 1.54) is 11.6 Å². The first kappa shape index (κ1) is 18.5. The van der Waals surface area contributed by atoms with Crippen LogP contribution in [0.15, 0.2) is 48.5 Å². The van der Waals surface area contributed by atoms with E-state index >= 15 is 0 Å². The van der Waals surface area contributed by atoms with Gasteiger partial charge in [0.2, 0.25) is 5.91 Å². The molecule has 2 N–H and O–H groups in total. The molecule has 0 heterocycles. The molecule has 5 nitrogen and oxygen atoms in total. The fourth-order valence-corrected chi connectivity index (χ4v) is 2.64. The van der Waals surface area contributed by atoms with Crippen molar-refractivity contribution in [2.75, 3.05) is 13.7 Å². The lowest BCUT2D eigenvalue weighted by molar-refractivity contribution is -0.120. The summed E-state index contributed by atoms with van der Waals surface area (Å²) >= 11 is 0.